The van der Waals surface area contributed by atoms with Crippen molar-refractivity contribution in [1.82, 2.24) is 15.2 Å². The van der Waals surface area contributed by atoms with E-state index in [1.165, 1.54) is 35.8 Å². The predicted octanol–water partition coefficient (Wildman–Crippen LogP) is 1.79. The van der Waals surface area contributed by atoms with Gasteiger partial charge in [0.1, 0.15) is 0 Å². The molecule has 0 radical (unpaired) electrons. The smallest absolute Gasteiger partial charge is 0.0930 e. The Morgan fingerprint density at radius 1 is 1.65 bits per heavy atom. The van der Waals surface area contributed by atoms with Crippen LogP contribution in [-0.2, 0) is 12.8 Å². The number of hydrogen-bond donors (Lipinski definition) is 1. The monoisotopic (exact) mass is 253 g/mol. The zero-order valence-electron chi connectivity index (χ0n) is 11.1. The summed E-state index contributed by atoms with van der Waals surface area (Å²) in [6, 6.07) is 0.543. The Labute approximate surface area is 108 Å². The van der Waals surface area contributed by atoms with Crippen LogP contribution in [0.2, 0.25) is 0 Å². The summed E-state index contributed by atoms with van der Waals surface area (Å²) in [4.78, 5) is 8.39. The van der Waals surface area contributed by atoms with Gasteiger partial charge >= 0.3 is 0 Å². The molecule has 1 aromatic rings. The lowest BCUT2D eigenvalue weighted by atomic mass is 10.1. The van der Waals surface area contributed by atoms with E-state index in [0.717, 1.165) is 12.3 Å². The van der Waals surface area contributed by atoms with Gasteiger partial charge in [-0.1, -0.05) is 0 Å². The number of nitrogens with zero attached hydrogens (tertiary/aromatic N) is 2. The summed E-state index contributed by atoms with van der Waals surface area (Å²) in [7, 11) is 4.23. The number of aromatic nitrogens is 1. The molecule has 0 spiro atoms. The third kappa shape index (κ3) is 3.76. The first-order chi connectivity index (χ1) is 8.17. The highest BCUT2D eigenvalue weighted by molar-refractivity contribution is 7.11. The number of likely N-dealkylation sites (N-methyl/N-ethyl adjacent to an activating group) is 1. The molecule has 1 aliphatic heterocycles. The fraction of sp³-hybridized carbons (Fsp3) is 0.769. The molecule has 96 valence electrons. The van der Waals surface area contributed by atoms with Gasteiger partial charge in [-0.15, -0.1) is 11.3 Å². The van der Waals surface area contributed by atoms with Gasteiger partial charge in [-0.2, -0.15) is 0 Å². The number of nitrogens with one attached hydrogen (secondary N) is 1. The van der Waals surface area contributed by atoms with Crippen LogP contribution in [0.15, 0.2) is 6.20 Å². The van der Waals surface area contributed by atoms with E-state index in [4.69, 9.17) is 0 Å². The van der Waals surface area contributed by atoms with Crippen LogP contribution in [-0.4, -0.2) is 43.1 Å². The molecular formula is C13H23N3S. The number of likely N-dealkylation sites (tertiary alicyclic amines) is 1. The van der Waals surface area contributed by atoms with E-state index in [-0.39, 0.29) is 0 Å². The van der Waals surface area contributed by atoms with E-state index >= 15 is 0 Å². The van der Waals surface area contributed by atoms with Crippen LogP contribution in [0.3, 0.4) is 0 Å². The summed E-state index contributed by atoms with van der Waals surface area (Å²) in [6.07, 6.45) is 5.66. The number of hydrogen-bond acceptors (Lipinski definition) is 4. The van der Waals surface area contributed by atoms with Crippen LogP contribution >= 0.6 is 11.3 Å². The Hall–Kier alpha value is -0.450. The van der Waals surface area contributed by atoms with Crippen LogP contribution < -0.4 is 5.32 Å². The summed E-state index contributed by atoms with van der Waals surface area (Å²) in [5.74, 6) is 0.820. The summed E-state index contributed by atoms with van der Waals surface area (Å²) in [5.41, 5.74) is 0. The molecule has 1 N–H and O–H groups in total. The fourth-order valence-corrected chi connectivity index (χ4v) is 3.55. The first-order valence-corrected chi connectivity index (χ1v) is 7.28. The van der Waals surface area contributed by atoms with Gasteiger partial charge in [0.15, 0.2) is 0 Å². The van der Waals surface area contributed by atoms with E-state index in [0.29, 0.717) is 6.04 Å². The molecular weight excluding hydrogens is 230 g/mol. The minimum atomic E-state index is 0.543. The van der Waals surface area contributed by atoms with Crippen molar-refractivity contribution in [1.29, 1.82) is 0 Å². The summed E-state index contributed by atoms with van der Waals surface area (Å²) in [5, 5.41) is 4.60. The van der Waals surface area contributed by atoms with Crippen molar-refractivity contribution in [2.75, 3.05) is 27.2 Å². The van der Waals surface area contributed by atoms with Crippen LogP contribution in [0.4, 0.5) is 0 Å². The lowest BCUT2D eigenvalue weighted by Gasteiger charge is -2.08. The molecule has 1 saturated heterocycles. The molecule has 1 aromatic heterocycles. The van der Waals surface area contributed by atoms with E-state index in [9.17, 15) is 0 Å². The van der Waals surface area contributed by atoms with Crippen molar-refractivity contribution in [3.8, 4) is 0 Å². The minimum Gasteiger partial charge on any atom is -0.317 e. The van der Waals surface area contributed by atoms with Crippen molar-refractivity contribution in [3.05, 3.63) is 16.1 Å². The molecule has 1 aliphatic rings. The highest BCUT2D eigenvalue weighted by Crippen LogP contribution is 2.23. The zero-order chi connectivity index (χ0) is 12.3. The van der Waals surface area contributed by atoms with E-state index in [1.54, 1.807) is 0 Å². The Bertz CT molecular complexity index is 350. The van der Waals surface area contributed by atoms with Gasteiger partial charge in [0.25, 0.3) is 0 Å². The first kappa shape index (κ1) is 13.0. The lowest BCUT2D eigenvalue weighted by Crippen LogP contribution is -2.22. The van der Waals surface area contributed by atoms with Crippen LogP contribution in [0.1, 0.15) is 23.2 Å². The van der Waals surface area contributed by atoms with Crippen molar-refractivity contribution < 1.29 is 0 Å². The maximum Gasteiger partial charge on any atom is 0.0930 e. The Balaban J connectivity index is 1.85. The van der Waals surface area contributed by atoms with Gasteiger partial charge in [0.2, 0.25) is 0 Å². The molecule has 2 rings (SSSR count). The molecule has 0 aromatic carbocycles. The van der Waals surface area contributed by atoms with Crippen molar-refractivity contribution in [2.24, 2.45) is 5.92 Å². The van der Waals surface area contributed by atoms with Gasteiger partial charge < -0.3 is 10.2 Å². The molecule has 1 fully saturated rings. The molecule has 0 amide bonds. The van der Waals surface area contributed by atoms with E-state index in [1.807, 2.05) is 18.4 Å². The molecule has 0 bridgehead atoms. The quantitative estimate of drug-likeness (QED) is 0.867. The number of thiazole rings is 1. The Kier molecular flexibility index (Phi) is 4.54. The Morgan fingerprint density at radius 2 is 2.47 bits per heavy atom. The average molecular weight is 253 g/mol. The highest BCUT2D eigenvalue weighted by Gasteiger charge is 2.20. The second-order valence-corrected chi connectivity index (χ2v) is 6.43. The molecule has 2 heterocycles. The molecule has 2 unspecified atom stereocenters. The second-order valence-electron chi connectivity index (χ2n) is 5.24. The SMILES string of the molecule is CNC(C)Cc1cnc(CC2CCN(C)C2)s1. The second kappa shape index (κ2) is 5.94. The lowest BCUT2D eigenvalue weighted by molar-refractivity contribution is 0.394. The topological polar surface area (TPSA) is 28.2 Å². The van der Waals surface area contributed by atoms with E-state index < -0.39 is 0 Å². The van der Waals surface area contributed by atoms with Gasteiger partial charge in [0.05, 0.1) is 5.01 Å². The van der Waals surface area contributed by atoms with Crippen LogP contribution in [0, 0.1) is 5.92 Å². The highest BCUT2D eigenvalue weighted by atomic mass is 32.1. The molecule has 0 aliphatic carbocycles. The van der Waals surface area contributed by atoms with Gasteiger partial charge in [-0.05, 0) is 46.3 Å². The zero-order valence-corrected chi connectivity index (χ0v) is 11.9. The first-order valence-electron chi connectivity index (χ1n) is 6.46. The van der Waals surface area contributed by atoms with Crippen molar-refractivity contribution in [3.63, 3.8) is 0 Å². The summed E-state index contributed by atoms with van der Waals surface area (Å²) in [6.45, 7) is 4.70. The maximum atomic E-state index is 4.56. The standard InChI is InChI=1S/C13H23N3S/c1-10(14-2)6-12-8-15-13(17-12)7-11-4-5-16(3)9-11/h8,10-11,14H,4-7,9H2,1-3H3. The molecule has 4 heteroatoms. The fourth-order valence-electron chi connectivity index (χ4n) is 2.38. The largest absolute Gasteiger partial charge is 0.317 e. The normalized spacial score (nSPS) is 23.1. The Morgan fingerprint density at radius 3 is 3.12 bits per heavy atom. The third-order valence-corrected chi connectivity index (χ3v) is 4.60. The number of rotatable bonds is 5. The van der Waals surface area contributed by atoms with Gasteiger partial charge in [0, 0.05) is 30.1 Å². The van der Waals surface area contributed by atoms with Crippen molar-refractivity contribution >= 4 is 11.3 Å². The van der Waals surface area contributed by atoms with Crippen molar-refractivity contribution in [2.45, 2.75) is 32.2 Å². The van der Waals surface area contributed by atoms with Gasteiger partial charge in [-0.3, -0.25) is 0 Å². The third-order valence-electron chi connectivity index (χ3n) is 3.55. The molecule has 0 saturated carbocycles. The minimum absolute atomic E-state index is 0.543. The van der Waals surface area contributed by atoms with Crippen LogP contribution in [0.5, 0.6) is 0 Å². The van der Waals surface area contributed by atoms with Gasteiger partial charge in [-0.25, -0.2) is 4.98 Å². The maximum absolute atomic E-state index is 4.56. The summed E-state index contributed by atoms with van der Waals surface area (Å²) < 4.78 is 0. The summed E-state index contributed by atoms with van der Waals surface area (Å²) >= 11 is 1.90. The van der Waals surface area contributed by atoms with Crippen LogP contribution in [0.25, 0.3) is 0 Å². The predicted molar refractivity (Wildman–Crippen MR) is 73.6 cm³/mol. The molecule has 17 heavy (non-hydrogen) atoms. The average Bonchev–Trinajstić information content (AvgIpc) is 2.89. The molecule has 3 nitrogen and oxygen atoms in total. The van der Waals surface area contributed by atoms with E-state index in [2.05, 4.69) is 35.4 Å². The molecule has 2 atom stereocenters.